The number of urea groups is 1. The number of fused-ring (bicyclic) bond motifs is 1. The number of hydrogen-bond donors (Lipinski definition) is 3. The molecule has 0 saturated heterocycles. The van der Waals surface area contributed by atoms with Gasteiger partial charge in [0.1, 0.15) is 0 Å². The third kappa shape index (κ3) is 3.76. The molecule has 0 aliphatic heterocycles. The minimum Gasteiger partial charge on any atom is -0.341 e. The quantitative estimate of drug-likeness (QED) is 0.791. The number of hydrogen-bond acceptors (Lipinski definition) is 3. The molecule has 1 atom stereocenters. The van der Waals surface area contributed by atoms with Crippen LogP contribution in [0.5, 0.6) is 0 Å². The maximum Gasteiger partial charge on any atom is 0.318 e. The fourth-order valence-corrected chi connectivity index (χ4v) is 3.98. The summed E-state index contributed by atoms with van der Waals surface area (Å²) in [5.41, 5.74) is 2.61. The van der Waals surface area contributed by atoms with E-state index in [4.69, 9.17) is 0 Å². The second-order valence-electron chi connectivity index (χ2n) is 6.15. The Labute approximate surface area is 145 Å². The van der Waals surface area contributed by atoms with Crippen molar-refractivity contribution < 1.29 is 9.59 Å². The van der Waals surface area contributed by atoms with E-state index in [0.29, 0.717) is 17.3 Å². The van der Waals surface area contributed by atoms with Crippen LogP contribution in [0.15, 0.2) is 30.3 Å². The van der Waals surface area contributed by atoms with Crippen LogP contribution in [0, 0.1) is 5.92 Å². The molecule has 6 heteroatoms. The molecule has 1 aliphatic rings. The third-order valence-corrected chi connectivity index (χ3v) is 5.39. The highest BCUT2D eigenvalue weighted by molar-refractivity contribution is 7.14. The smallest absolute Gasteiger partial charge is 0.318 e. The number of aryl methyl sites for hydroxylation is 1. The molecular weight excluding hydrogens is 322 g/mol. The highest BCUT2D eigenvalue weighted by Crippen LogP contribution is 2.32. The Morgan fingerprint density at radius 1 is 1.17 bits per heavy atom. The summed E-state index contributed by atoms with van der Waals surface area (Å²) in [5, 5.41) is 8.10. The average molecular weight is 343 g/mol. The molecule has 5 nitrogen and oxygen atoms in total. The number of nitrogens with one attached hydrogen (secondary N) is 3. The van der Waals surface area contributed by atoms with Crippen molar-refractivity contribution in [2.45, 2.75) is 26.2 Å². The molecule has 1 unspecified atom stereocenters. The van der Waals surface area contributed by atoms with Crippen LogP contribution in [-0.2, 0) is 12.8 Å². The first-order valence-corrected chi connectivity index (χ1v) is 8.88. The molecule has 0 bridgehead atoms. The van der Waals surface area contributed by atoms with Gasteiger partial charge < -0.3 is 16.0 Å². The second-order valence-corrected chi connectivity index (χ2v) is 7.28. The Morgan fingerprint density at radius 2 is 1.92 bits per heavy atom. The Morgan fingerprint density at radius 3 is 2.67 bits per heavy atom. The summed E-state index contributed by atoms with van der Waals surface area (Å²) in [6.07, 6.45) is 3.33. The molecule has 0 spiro atoms. The van der Waals surface area contributed by atoms with E-state index in [9.17, 15) is 9.59 Å². The Bertz CT molecular complexity index is 769. The minimum absolute atomic E-state index is 0.0980. The molecule has 0 fully saturated rings. The molecule has 2 aromatic rings. The number of rotatable bonds is 3. The maximum atomic E-state index is 12.5. The van der Waals surface area contributed by atoms with E-state index in [-0.39, 0.29) is 11.9 Å². The van der Waals surface area contributed by atoms with Crippen molar-refractivity contribution >= 4 is 34.6 Å². The van der Waals surface area contributed by atoms with Crippen molar-refractivity contribution in [2.24, 2.45) is 5.92 Å². The van der Waals surface area contributed by atoms with Crippen LogP contribution in [-0.4, -0.2) is 19.0 Å². The van der Waals surface area contributed by atoms with Crippen LogP contribution in [0.4, 0.5) is 16.2 Å². The van der Waals surface area contributed by atoms with Gasteiger partial charge in [-0.2, -0.15) is 0 Å². The number of carbonyl (C=O) groups excluding carboxylic acids is 2. The van der Waals surface area contributed by atoms with E-state index in [1.807, 2.05) is 12.1 Å². The van der Waals surface area contributed by atoms with Gasteiger partial charge in [0, 0.05) is 23.3 Å². The highest BCUT2D eigenvalue weighted by Gasteiger charge is 2.20. The summed E-state index contributed by atoms with van der Waals surface area (Å²) in [7, 11) is 1.56. The number of benzene rings is 1. The molecule has 1 aliphatic carbocycles. The number of anilines is 2. The van der Waals surface area contributed by atoms with Crippen molar-refractivity contribution in [3.63, 3.8) is 0 Å². The summed E-state index contributed by atoms with van der Waals surface area (Å²) in [5.74, 6) is 0.592. The topological polar surface area (TPSA) is 70.2 Å². The summed E-state index contributed by atoms with van der Waals surface area (Å²) < 4.78 is 0. The van der Waals surface area contributed by atoms with E-state index < -0.39 is 0 Å². The molecule has 3 rings (SSSR count). The summed E-state index contributed by atoms with van der Waals surface area (Å²) in [6, 6.07) is 8.85. The largest absolute Gasteiger partial charge is 0.341 e. The first-order valence-electron chi connectivity index (χ1n) is 8.07. The standard InChI is InChI=1S/C18H21N3O2S/c1-11-6-7-15-12(8-11)9-16(24-15)17(22)20-13-4-3-5-14(10-13)21-18(23)19-2/h3-5,9-11H,6-8H2,1-2H3,(H,20,22)(H2,19,21,23). The van der Waals surface area contributed by atoms with Gasteiger partial charge in [0.25, 0.3) is 5.91 Å². The Kier molecular flexibility index (Phi) is 4.85. The number of thiophene rings is 1. The van der Waals surface area contributed by atoms with Crippen molar-refractivity contribution in [3.05, 3.63) is 45.6 Å². The lowest BCUT2D eigenvalue weighted by atomic mass is 9.90. The molecule has 1 heterocycles. The zero-order valence-corrected chi connectivity index (χ0v) is 14.6. The van der Waals surface area contributed by atoms with Crippen LogP contribution in [0.1, 0.15) is 33.5 Å². The normalized spacial score (nSPS) is 16.2. The van der Waals surface area contributed by atoms with Crippen LogP contribution in [0.25, 0.3) is 0 Å². The van der Waals surface area contributed by atoms with Gasteiger partial charge >= 0.3 is 6.03 Å². The third-order valence-electron chi connectivity index (χ3n) is 4.16. The fourth-order valence-electron chi connectivity index (χ4n) is 2.88. The maximum absolute atomic E-state index is 12.5. The summed E-state index contributed by atoms with van der Waals surface area (Å²) in [4.78, 5) is 26.0. The predicted molar refractivity (Wildman–Crippen MR) is 98.0 cm³/mol. The molecule has 0 saturated carbocycles. The zero-order chi connectivity index (χ0) is 17.1. The average Bonchev–Trinajstić information content (AvgIpc) is 2.98. The molecule has 24 heavy (non-hydrogen) atoms. The van der Waals surface area contributed by atoms with Gasteiger partial charge in [0.05, 0.1) is 4.88 Å². The first kappa shape index (κ1) is 16.5. The van der Waals surface area contributed by atoms with Crippen LogP contribution < -0.4 is 16.0 Å². The van der Waals surface area contributed by atoms with Gasteiger partial charge in [-0.05, 0) is 55.0 Å². The van der Waals surface area contributed by atoms with Crippen molar-refractivity contribution in [3.8, 4) is 0 Å². The van der Waals surface area contributed by atoms with Crippen LogP contribution in [0.2, 0.25) is 0 Å². The van der Waals surface area contributed by atoms with Gasteiger partial charge in [-0.3, -0.25) is 4.79 Å². The van der Waals surface area contributed by atoms with Gasteiger partial charge in [0.2, 0.25) is 0 Å². The molecular formula is C18H21N3O2S. The summed E-state index contributed by atoms with van der Waals surface area (Å²) in [6.45, 7) is 2.26. The lowest BCUT2D eigenvalue weighted by Gasteiger charge is -2.16. The lowest BCUT2D eigenvalue weighted by Crippen LogP contribution is -2.24. The number of carbonyl (C=O) groups is 2. The predicted octanol–water partition coefficient (Wildman–Crippen LogP) is 3.88. The molecule has 3 amide bonds. The molecule has 0 radical (unpaired) electrons. The zero-order valence-electron chi connectivity index (χ0n) is 13.8. The van der Waals surface area contributed by atoms with Gasteiger partial charge in [-0.15, -0.1) is 11.3 Å². The van der Waals surface area contributed by atoms with Gasteiger partial charge in [-0.1, -0.05) is 13.0 Å². The van der Waals surface area contributed by atoms with E-state index in [2.05, 4.69) is 22.9 Å². The van der Waals surface area contributed by atoms with Crippen molar-refractivity contribution in [2.75, 3.05) is 17.7 Å². The van der Waals surface area contributed by atoms with E-state index in [0.717, 1.165) is 17.7 Å². The number of amides is 3. The monoisotopic (exact) mass is 343 g/mol. The molecule has 1 aromatic heterocycles. The minimum atomic E-state index is -0.293. The fraction of sp³-hybridized carbons (Fsp3) is 0.333. The van der Waals surface area contributed by atoms with E-state index in [1.165, 1.54) is 16.9 Å². The Hall–Kier alpha value is -2.34. The van der Waals surface area contributed by atoms with Crippen LogP contribution in [0.3, 0.4) is 0 Å². The molecule has 3 N–H and O–H groups in total. The molecule has 1 aromatic carbocycles. The van der Waals surface area contributed by atoms with Gasteiger partial charge in [0.15, 0.2) is 0 Å². The molecule has 126 valence electrons. The first-order chi connectivity index (χ1) is 11.5. The highest BCUT2D eigenvalue weighted by atomic mass is 32.1. The Balaban J connectivity index is 1.71. The summed E-state index contributed by atoms with van der Waals surface area (Å²) >= 11 is 1.59. The van der Waals surface area contributed by atoms with E-state index in [1.54, 1.807) is 36.6 Å². The van der Waals surface area contributed by atoms with Gasteiger partial charge in [-0.25, -0.2) is 4.79 Å². The lowest BCUT2D eigenvalue weighted by molar-refractivity contribution is 0.103. The van der Waals surface area contributed by atoms with Crippen LogP contribution >= 0.6 is 11.3 Å². The second kappa shape index (κ2) is 7.05. The SMILES string of the molecule is CNC(=O)Nc1cccc(NC(=O)c2cc3c(s2)CCC(C)C3)c1. The van der Waals surface area contributed by atoms with Crippen molar-refractivity contribution in [1.82, 2.24) is 5.32 Å². The van der Waals surface area contributed by atoms with E-state index >= 15 is 0 Å². The van der Waals surface area contributed by atoms with Crippen molar-refractivity contribution in [1.29, 1.82) is 0 Å².